The minimum atomic E-state index is 0.648. The van der Waals surface area contributed by atoms with Crippen LogP contribution < -0.4 is 0 Å². The molecule has 0 atom stereocenters. The SMILES string of the molecule is c1ccc(-c2cc(-c3ccccc3)nc(-n3c4ccccc4c4ccc(-c5ccc(-c6cccc7c6sc6ccccc67)cc5)cc43)n2)cc1.c1ccc(-c2ccc3c4ccc(-c5ccccc5)cc4n(-c4nccc(-c5cccc(-c6cccc7c6sc6ccccc67)c5)n4)c3c2)cc1.c1ccc(-c2cccc(-c3ccc4c5ccccc5n(-c5nc(-c6ccccc6)cc(-c6cccc7c6sc6ccccc67)n5)c4c3)c2)cc1. The second kappa shape index (κ2) is 37.8. The normalized spacial score (nSPS) is 11.6. The Labute approximate surface area is 876 Å². The van der Waals surface area contributed by atoms with Gasteiger partial charge in [-0.3, -0.25) is 13.7 Å². The molecule has 30 aromatic rings. The number of thiophene rings is 3. The van der Waals surface area contributed by atoms with Crippen LogP contribution in [-0.2, 0) is 0 Å². The molecule has 0 fully saturated rings. The van der Waals surface area contributed by atoms with E-state index >= 15 is 0 Å². The summed E-state index contributed by atoms with van der Waals surface area (Å²) in [4.78, 5) is 31.3. The molecule has 702 valence electrons. The van der Waals surface area contributed by atoms with Crippen molar-refractivity contribution in [2.24, 2.45) is 0 Å². The van der Waals surface area contributed by atoms with Crippen LogP contribution in [0.1, 0.15) is 0 Å². The first-order valence-corrected chi connectivity index (χ1v) is 52.9. The second-order valence-corrected chi connectivity index (χ2v) is 41.0. The molecule has 9 aromatic heterocycles. The molecule has 30 rings (SSSR count). The summed E-state index contributed by atoms with van der Waals surface area (Å²) in [6.45, 7) is 0. The third kappa shape index (κ3) is 16.1. The molecule has 9 nitrogen and oxygen atoms in total. The zero-order valence-electron chi connectivity index (χ0n) is 81.0. The number of aromatic nitrogens is 9. The average Bonchev–Trinajstić information content (AvgIpc) is 1.57. The van der Waals surface area contributed by atoms with E-state index in [0.29, 0.717) is 17.8 Å². The monoisotopic (exact) mass is 1970 g/mol. The standard InChI is InChI=1S/3C46H29N3S/c1-3-13-30(14-4-1)32-17-11-18-33(27-32)34-25-26-36-35-19-7-9-23-42(35)49(43(36)28-34)46-47-40(31-15-5-2-6-16-31)29-41(48-46)39-22-12-21-38-37-20-8-10-24-44(37)50-45(38)39;1-3-12-32(13-4-1)40-29-41(33-14-5-2-6-15-33)48-46(47-40)49-42-20-9-7-16-36(42)37-27-26-34(28-43(37)49)30-22-24-31(25-23-30)35-18-11-19-39-38-17-8-10-21-44(38)50-45(35)39;1-3-11-30(12-4-1)32-21-23-37-38-24-22-33(31-13-5-2-6-14-31)29-43(38)49(42(37)28-32)46-47-26-25-41(48-46)35-16-9-15-34(27-35)36-18-10-19-40-39-17-7-8-20-44(39)50-45(36)40/h3*1-29H. The van der Waals surface area contributed by atoms with E-state index in [9.17, 15) is 0 Å². The lowest BCUT2D eigenvalue weighted by Crippen LogP contribution is -2.04. The topological polar surface area (TPSA) is 92.1 Å². The molecule has 9 heterocycles. The van der Waals surface area contributed by atoms with Crippen molar-refractivity contribution < 1.29 is 0 Å². The van der Waals surface area contributed by atoms with Crippen LogP contribution in [0.15, 0.2) is 528 Å². The molecule has 21 aromatic carbocycles. The van der Waals surface area contributed by atoms with Crippen molar-refractivity contribution in [3.05, 3.63) is 528 Å². The van der Waals surface area contributed by atoms with Gasteiger partial charge in [0.1, 0.15) is 0 Å². The van der Waals surface area contributed by atoms with E-state index in [1.807, 2.05) is 64.5 Å². The van der Waals surface area contributed by atoms with Crippen molar-refractivity contribution in [1.29, 1.82) is 0 Å². The molecule has 0 unspecified atom stereocenters. The molecule has 0 spiro atoms. The molecule has 0 saturated carbocycles. The van der Waals surface area contributed by atoms with Gasteiger partial charge in [0, 0.05) is 127 Å². The van der Waals surface area contributed by atoms with Gasteiger partial charge in [-0.1, -0.05) is 437 Å². The Bertz CT molecular complexity index is 10300. The third-order valence-corrected chi connectivity index (χ3v) is 32.7. The van der Waals surface area contributed by atoms with Gasteiger partial charge in [-0.15, -0.1) is 34.0 Å². The zero-order chi connectivity index (χ0) is 99.1. The van der Waals surface area contributed by atoms with E-state index in [1.165, 1.54) is 148 Å². The molecule has 0 aliphatic heterocycles. The summed E-state index contributed by atoms with van der Waals surface area (Å²) < 4.78 is 14.5. The Balaban J connectivity index is 0.000000108. The van der Waals surface area contributed by atoms with Gasteiger partial charge in [0.15, 0.2) is 0 Å². The van der Waals surface area contributed by atoms with Gasteiger partial charge in [-0.05, 0) is 163 Å². The van der Waals surface area contributed by atoms with Crippen LogP contribution in [0.25, 0.3) is 278 Å². The molecular formula is C138H87N9S3. The zero-order valence-corrected chi connectivity index (χ0v) is 83.4. The summed E-state index contributed by atoms with van der Waals surface area (Å²) >= 11 is 5.55. The first-order chi connectivity index (χ1) is 74.3. The molecule has 0 saturated heterocycles. The number of benzene rings is 21. The van der Waals surface area contributed by atoms with Crippen molar-refractivity contribution in [2.75, 3.05) is 0 Å². The Morgan fingerprint density at radius 3 is 0.827 bits per heavy atom. The molecule has 0 amide bonds. The summed E-state index contributed by atoms with van der Waals surface area (Å²) in [5, 5.41) is 14.8. The second-order valence-electron chi connectivity index (χ2n) is 37.9. The van der Waals surface area contributed by atoms with E-state index in [1.54, 1.807) is 0 Å². The fourth-order valence-corrected chi connectivity index (χ4v) is 25.5. The van der Waals surface area contributed by atoms with E-state index in [-0.39, 0.29) is 0 Å². The number of hydrogen-bond acceptors (Lipinski definition) is 9. The van der Waals surface area contributed by atoms with Crippen LogP contribution in [0.5, 0.6) is 0 Å². The highest BCUT2D eigenvalue weighted by Crippen LogP contribution is 2.48. The van der Waals surface area contributed by atoms with E-state index in [0.717, 1.165) is 112 Å². The summed E-state index contributed by atoms with van der Waals surface area (Å²) in [5.74, 6) is 1.95. The molecule has 12 heteroatoms. The Hall–Kier alpha value is -19.1. The summed E-state index contributed by atoms with van der Waals surface area (Å²) in [5.41, 5.74) is 32.9. The van der Waals surface area contributed by atoms with Crippen LogP contribution >= 0.6 is 34.0 Å². The maximum atomic E-state index is 5.41. The number of para-hydroxylation sites is 2. The first-order valence-electron chi connectivity index (χ1n) is 50.5. The largest absolute Gasteiger partial charge is 0.278 e. The molecule has 0 N–H and O–H groups in total. The van der Waals surface area contributed by atoms with Crippen LogP contribution in [0, 0.1) is 0 Å². The Morgan fingerprint density at radius 2 is 0.400 bits per heavy atom. The lowest BCUT2D eigenvalue weighted by atomic mass is 9.98. The maximum Gasteiger partial charge on any atom is 0.235 e. The smallest absolute Gasteiger partial charge is 0.235 e. The van der Waals surface area contributed by atoms with Crippen molar-refractivity contribution in [1.82, 2.24) is 43.6 Å². The van der Waals surface area contributed by atoms with Gasteiger partial charge < -0.3 is 0 Å². The Morgan fingerprint density at radius 1 is 0.140 bits per heavy atom. The highest BCUT2D eigenvalue weighted by molar-refractivity contribution is 7.27. The van der Waals surface area contributed by atoms with Crippen molar-refractivity contribution >= 4 is 160 Å². The number of nitrogens with zero attached hydrogens (tertiary/aromatic N) is 9. The fourth-order valence-electron chi connectivity index (χ4n) is 21.8. The van der Waals surface area contributed by atoms with Crippen molar-refractivity contribution in [3.63, 3.8) is 0 Å². The van der Waals surface area contributed by atoms with E-state index in [2.05, 4.69) is 511 Å². The summed E-state index contributed by atoms with van der Waals surface area (Å²) in [6.07, 6.45) is 1.89. The molecule has 0 aliphatic carbocycles. The molecule has 0 aliphatic rings. The van der Waals surface area contributed by atoms with Gasteiger partial charge >= 0.3 is 0 Å². The van der Waals surface area contributed by atoms with Gasteiger partial charge in [0.25, 0.3) is 0 Å². The maximum absolute atomic E-state index is 5.41. The first kappa shape index (κ1) is 88.6. The minimum absolute atomic E-state index is 0.648. The van der Waals surface area contributed by atoms with Crippen molar-refractivity contribution in [3.8, 4) is 152 Å². The third-order valence-electron chi connectivity index (χ3n) is 29.0. The molecule has 0 bridgehead atoms. The van der Waals surface area contributed by atoms with Crippen molar-refractivity contribution in [2.45, 2.75) is 0 Å². The predicted octanol–water partition coefficient (Wildman–Crippen LogP) is 37.8. The minimum Gasteiger partial charge on any atom is -0.278 e. The van der Waals surface area contributed by atoms with E-state index < -0.39 is 0 Å². The molecular weight excluding hydrogens is 1880 g/mol. The summed E-state index contributed by atoms with van der Waals surface area (Å²) in [6, 6.07) is 186. The lowest BCUT2D eigenvalue weighted by molar-refractivity contribution is 0.992. The quantitative estimate of drug-likeness (QED) is 0.102. The van der Waals surface area contributed by atoms with E-state index in [4.69, 9.17) is 29.9 Å². The number of fused-ring (bicyclic) bond motifs is 18. The lowest BCUT2D eigenvalue weighted by Gasteiger charge is -2.13. The molecule has 150 heavy (non-hydrogen) atoms. The van der Waals surface area contributed by atoms with Gasteiger partial charge in [-0.2, -0.15) is 0 Å². The van der Waals surface area contributed by atoms with Crippen LogP contribution in [0.3, 0.4) is 0 Å². The highest BCUT2D eigenvalue weighted by atomic mass is 32.1. The van der Waals surface area contributed by atoms with Gasteiger partial charge in [0.05, 0.1) is 61.6 Å². The van der Waals surface area contributed by atoms with Gasteiger partial charge in [0.2, 0.25) is 17.8 Å². The van der Waals surface area contributed by atoms with Gasteiger partial charge in [-0.25, -0.2) is 29.9 Å². The average molecular weight is 1970 g/mol. The Kier molecular flexibility index (Phi) is 22.3. The number of rotatable bonds is 15. The highest BCUT2D eigenvalue weighted by Gasteiger charge is 2.26. The number of hydrogen-bond donors (Lipinski definition) is 0. The molecule has 0 radical (unpaired) electrons. The summed E-state index contributed by atoms with van der Waals surface area (Å²) in [7, 11) is 0. The predicted molar refractivity (Wildman–Crippen MR) is 633 cm³/mol. The fraction of sp³-hybridized carbons (Fsp3) is 0. The van der Waals surface area contributed by atoms with Crippen LogP contribution in [0.2, 0.25) is 0 Å². The van der Waals surface area contributed by atoms with Crippen LogP contribution in [-0.4, -0.2) is 43.6 Å². The van der Waals surface area contributed by atoms with Crippen LogP contribution in [0.4, 0.5) is 0 Å².